The Bertz CT molecular complexity index is 447. The average Bonchev–Trinajstić information content (AvgIpc) is 2.52. The summed E-state index contributed by atoms with van der Waals surface area (Å²) in [7, 11) is 0. The number of hydrogen-bond acceptors (Lipinski definition) is 2. The van der Waals surface area contributed by atoms with Crippen LogP contribution in [0.3, 0.4) is 0 Å². The lowest BCUT2D eigenvalue weighted by Crippen LogP contribution is -2.22. The quantitative estimate of drug-likeness (QED) is 0.729. The van der Waals surface area contributed by atoms with Crippen LogP contribution in [0.5, 0.6) is 0 Å². The molecule has 0 aromatic carbocycles. The smallest absolute Gasteiger partial charge is 0.165 e. The summed E-state index contributed by atoms with van der Waals surface area (Å²) in [5, 5.41) is 9.22. The van der Waals surface area contributed by atoms with E-state index in [1.807, 2.05) is 0 Å². The molecule has 3 heteroatoms. The molecule has 1 atom stereocenters. The number of rotatable bonds is 1. The lowest BCUT2D eigenvalue weighted by Gasteiger charge is -2.19. The number of aliphatic hydroxyl groups excluding tert-OH is 1. The van der Waals surface area contributed by atoms with Gasteiger partial charge in [0, 0.05) is 30.0 Å². The highest BCUT2D eigenvalue weighted by molar-refractivity contribution is 6.00. The Labute approximate surface area is 101 Å². The molecule has 0 saturated heterocycles. The summed E-state index contributed by atoms with van der Waals surface area (Å²) in [6, 6.07) is 0. The summed E-state index contributed by atoms with van der Waals surface area (Å²) in [4.78, 5) is 15.6. The normalized spacial score (nSPS) is 24.1. The Balaban J connectivity index is 2.02. The molecule has 3 rings (SSSR count). The van der Waals surface area contributed by atoms with Gasteiger partial charge in [-0.1, -0.05) is 6.42 Å². The van der Waals surface area contributed by atoms with E-state index in [-0.39, 0.29) is 18.3 Å². The molecule has 3 nitrogen and oxygen atoms in total. The highest BCUT2D eigenvalue weighted by atomic mass is 16.3. The predicted molar refractivity (Wildman–Crippen MR) is 65.3 cm³/mol. The van der Waals surface area contributed by atoms with Crippen LogP contribution in [-0.4, -0.2) is 22.5 Å². The van der Waals surface area contributed by atoms with Crippen LogP contribution in [0.2, 0.25) is 0 Å². The first-order valence-corrected chi connectivity index (χ1v) is 6.66. The van der Waals surface area contributed by atoms with Gasteiger partial charge in [0.15, 0.2) is 5.78 Å². The number of hydrogen-bond donors (Lipinski definition) is 2. The second kappa shape index (κ2) is 4.30. The third-order valence-electron chi connectivity index (χ3n) is 4.13. The van der Waals surface area contributed by atoms with Crippen LogP contribution >= 0.6 is 0 Å². The third kappa shape index (κ3) is 1.82. The van der Waals surface area contributed by atoms with E-state index in [2.05, 4.69) is 4.98 Å². The van der Waals surface area contributed by atoms with Crippen LogP contribution < -0.4 is 0 Å². The van der Waals surface area contributed by atoms with Gasteiger partial charge in [-0.2, -0.15) is 0 Å². The zero-order valence-electron chi connectivity index (χ0n) is 10.1. The van der Waals surface area contributed by atoms with Crippen molar-refractivity contribution in [1.29, 1.82) is 0 Å². The topological polar surface area (TPSA) is 53.1 Å². The van der Waals surface area contributed by atoms with Crippen molar-refractivity contribution in [2.75, 3.05) is 6.61 Å². The van der Waals surface area contributed by atoms with Gasteiger partial charge < -0.3 is 10.1 Å². The Morgan fingerprint density at radius 1 is 1.12 bits per heavy atom. The van der Waals surface area contributed by atoms with Gasteiger partial charge in [-0.05, 0) is 43.6 Å². The monoisotopic (exact) mass is 233 g/mol. The summed E-state index contributed by atoms with van der Waals surface area (Å²) in [6.45, 7) is 0.120. The number of fused-ring (bicyclic) bond motifs is 3. The number of Topliss-reactive ketones (excluding diaryl/α,β-unsaturated/α-hetero) is 1. The van der Waals surface area contributed by atoms with Crippen LogP contribution in [0.1, 0.15) is 53.0 Å². The minimum atomic E-state index is 0.120. The molecule has 1 heterocycles. The Hall–Kier alpha value is -1.09. The minimum Gasteiger partial charge on any atom is -0.396 e. The molecule has 17 heavy (non-hydrogen) atoms. The van der Waals surface area contributed by atoms with E-state index in [4.69, 9.17) is 0 Å². The molecule has 0 spiro atoms. The van der Waals surface area contributed by atoms with Gasteiger partial charge in [0.25, 0.3) is 0 Å². The number of nitrogens with one attached hydrogen (secondary N) is 1. The van der Waals surface area contributed by atoms with Crippen molar-refractivity contribution in [2.24, 2.45) is 5.92 Å². The lowest BCUT2D eigenvalue weighted by atomic mass is 9.85. The molecule has 0 fully saturated rings. The summed E-state index contributed by atoms with van der Waals surface area (Å²) in [5.74, 6) is 0.363. The maximum Gasteiger partial charge on any atom is 0.165 e. The predicted octanol–water partition coefficient (Wildman–Crippen LogP) is 2.02. The minimum absolute atomic E-state index is 0.120. The van der Waals surface area contributed by atoms with Gasteiger partial charge in [-0.25, -0.2) is 0 Å². The Morgan fingerprint density at radius 3 is 2.76 bits per heavy atom. The standard InChI is InChI=1S/C14H19NO2/c16-8-9-6-12-14(13(17)7-9)10-4-2-1-3-5-11(10)15-12/h9,15-16H,1-8H2. The zero-order chi connectivity index (χ0) is 11.8. The number of carbonyl (C=O) groups is 1. The SMILES string of the molecule is O=C1CC(CO)Cc2[nH]c3c(c21)CCCCC3. The maximum atomic E-state index is 12.2. The van der Waals surface area contributed by atoms with E-state index in [1.165, 1.54) is 30.5 Å². The first-order valence-electron chi connectivity index (χ1n) is 6.66. The largest absolute Gasteiger partial charge is 0.396 e. The second-order valence-corrected chi connectivity index (χ2v) is 5.38. The summed E-state index contributed by atoms with van der Waals surface area (Å²) in [5.41, 5.74) is 4.65. The van der Waals surface area contributed by atoms with Crippen molar-refractivity contribution in [2.45, 2.75) is 44.9 Å². The number of H-pyrrole nitrogens is 1. The molecule has 0 saturated carbocycles. The maximum absolute atomic E-state index is 12.2. The summed E-state index contributed by atoms with van der Waals surface area (Å²) >= 11 is 0. The molecule has 1 unspecified atom stereocenters. The van der Waals surface area contributed by atoms with Crippen molar-refractivity contribution in [1.82, 2.24) is 4.98 Å². The van der Waals surface area contributed by atoms with Crippen molar-refractivity contribution in [3.8, 4) is 0 Å². The number of aromatic nitrogens is 1. The van der Waals surface area contributed by atoms with Crippen molar-refractivity contribution in [3.63, 3.8) is 0 Å². The van der Waals surface area contributed by atoms with Gasteiger partial charge in [0.05, 0.1) is 0 Å². The molecule has 2 aliphatic rings. The van der Waals surface area contributed by atoms with E-state index < -0.39 is 0 Å². The fourth-order valence-electron chi connectivity index (χ4n) is 3.27. The molecular weight excluding hydrogens is 214 g/mol. The van der Waals surface area contributed by atoms with Gasteiger partial charge in [-0.15, -0.1) is 0 Å². The molecule has 0 aliphatic heterocycles. The summed E-state index contributed by atoms with van der Waals surface area (Å²) < 4.78 is 0. The van der Waals surface area contributed by atoms with E-state index in [0.29, 0.717) is 6.42 Å². The van der Waals surface area contributed by atoms with Crippen molar-refractivity contribution in [3.05, 3.63) is 22.5 Å². The van der Waals surface area contributed by atoms with Crippen molar-refractivity contribution >= 4 is 5.78 Å². The fourth-order valence-corrected chi connectivity index (χ4v) is 3.27. The van der Waals surface area contributed by atoms with E-state index in [0.717, 1.165) is 30.5 Å². The van der Waals surface area contributed by atoms with Crippen molar-refractivity contribution < 1.29 is 9.90 Å². The van der Waals surface area contributed by atoms with E-state index in [9.17, 15) is 9.90 Å². The van der Waals surface area contributed by atoms with Gasteiger partial charge in [0.2, 0.25) is 0 Å². The Morgan fingerprint density at radius 2 is 1.94 bits per heavy atom. The highest BCUT2D eigenvalue weighted by Gasteiger charge is 2.30. The molecular formula is C14H19NO2. The van der Waals surface area contributed by atoms with Gasteiger partial charge in [0.1, 0.15) is 0 Å². The lowest BCUT2D eigenvalue weighted by molar-refractivity contribution is 0.0917. The Kier molecular flexibility index (Phi) is 2.79. The first kappa shape index (κ1) is 11.0. The van der Waals surface area contributed by atoms with Crippen LogP contribution in [0, 0.1) is 5.92 Å². The van der Waals surface area contributed by atoms with Gasteiger partial charge >= 0.3 is 0 Å². The molecule has 1 aromatic heterocycles. The average molecular weight is 233 g/mol. The fraction of sp³-hybridized carbons (Fsp3) is 0.643. The molecule has 1 aromatic rings. The zero-order valence-corrected chi connectivity index (χ0v) is 10.1. The number of aryl methyl sites for hydroxylation is 1. The van der Waals surface area contributed by atoms with E-state index in [1.54, 1.807) is 0 Å². The van der Waals surface area contributed by atoms with Gasteiger partial charge in [-0.3, -0.25) is 4.79 Å². The second-order valence-electron chi connectivity index (χ2n) is 5.38. The van der Waals surface area contributed by atoms with Crippen LogP contribution in [0.25, 0.3) is 0 Å². The molecule has 2 aliphatic carbocycles. The van der Waals surface area contributed by atoms with E-state index >= 15 is 0 Å². The van der Waals surface area contributed by atoms with Crippen LogP contribution in [0.15, 0.2) is 0 Å². The molecule has 0 amide bonds. The van der Waals surface area contributed by atoms with Crippen LogP contribution in [-0.2, 0) is 19.3 Å². The first-order chi connectivity index (χ1) is 8.29. The number of aliphatic hydroxyl groups is 1. The number of ketones is 1. The molecule has 2 N–H and O–H groups in total. The number of aromatic amines is 1. The third-order valence-corrected chi connectivity index (χ3v) is 4.13. The molecule has 0 radical (unpaired) electrons. The van der Waals surface area contributed by atoms with Crippen LogP contribution in [0.4, 0.5) is 0 Å². The highest BCUT2D eigenvalue weighted by Crippen LogP contribution is 2.33. The summed E-state index contributed by atoms with van der Waals surface area (Å²) in [6.07, 6.45) is 7.19. The molecule has 92 valence electrons. The molecule has 0 bridgehead atoms. The number of carbonyl (C=O) groups excluding carboxylic acids is 1.